The molecule has 0 spiro atoms. The standard InChI is InChI=1S/C20H26N2O6S/c1-5-10-22-29(24,25)19-12-15(7-9-17(19)27-3)20(23)21-13-14-6-8-16(26-2)18(11-14)28-4/h6-9,11-12,22H,5,10,13H2,1-4H3,(H,21,23). The number of nitrogens with one attached hydrogen (secondary N) is 2. The number of ether oxygens (including phenoxy) is 3. The third-order valence-electron chi connectivity index (χ3n) is 4.16. The van der Waals surface area contributed by atoms with Gasteiger partial charge in [0.15, 0.2) is 11.5 Å². The van der Waals surface area contributed by atoms with Gasteiger partial charge < -0.3 is 19.5 Å². The first-order chi connectivity index (χ1) is 13.9. The lowest BCUT2D eigenvalue weighted by atomic mass is 10.1. The number of hydrogen-bond donors (Lipinski definition) is 2. The summed E-state index contributed by atoms with van der Waals surface area (Å²) in [7, 11) is 0.669. The summed E-state index contributed by atoms with van der Waals surface area (Å²) in [5.41, 5.74) is 1.02. The van der Waals surface area contributed by atoms with Gasteiger partial charge in [0.2, 0.25) is 10.0 Å². The summed E-state index contributed by atoms with van der Waals surface area (Å²) < 4.78 is 43.1. The summed E-state index contributed by atoms with van der Waals surface area (Å²) in [5, 5.41) is 2.77. The smallest absolute Gasteiger partial charge is 0.251 e. The fourth-order valence-electron chi connectivity index (χ4n) is 2.62. The molecule has 0 heterocycles. The van der Waals surface area contributed by atoms with Crippen molar-refractivity contribution < 1.29 is 27.4 Å². The molecule has 2 rings (SSSR count). The molecule has 2 N–H and O–H groups in total. The second-order valence-electron chi connectivity index (χ2n) is 6.14. The van der Waals surface area contributed by atoms with Crippen LogP contribution in [0, 0.1) is 0 Å². The van der Waals surface area contributed by atoms with Crippen LogP contribution in [0.15, 0.2) is 41.3 Å². The highest BCUT2D eigenvalue weighted by molar-refractivity contribution is 7.89. The predicted octanol–water partition coefficient (Wildman–Crippen LogP) is 2.33. The van der Waals surface area contributed by atoms with Crippen LogP contribution in [0.5, 0.6) is 17.2 Å². The van der Waals surface area contributed by atoms with Crippen molar-refractivity contribution in [3.63, 3.8) is 0 Å². The van der Waals surface area contributed by atoms with Gasteiger partial charge >= 0.3 is 0 Å². The summed E-state index contributed by atoms with van der Waals surface area (Å²) in [6.45, 7) is 2.39. The summed E-state index contributed by atoms with van der Waals surface area (Å²) in [4.78, 5) is 12.5. The molecule has 0 saturated heterocycles. The molecule has 0 fully saturated rings. The number of carbonyl (C=O) groups is 1. The van der Waals surface area contributed by atoms with Gasteiger partial charge in [-0.2, -0.15) is 0 Å². The van der Waals surface area contributed by atoms with Gasteiger partial charge in [0.05, 0.1) is 21.3 Å². The monoisotopic (exact) mass is 422 g/mol. The second-order valence-corrected chi connectivity index (χ2v) is 7.87. The first-order valence-corrected chi connectivity index (χ1v) is 10.5. The zero-order valence-corrected chi connectivity index (χ0v) is 17.8. The molecule has 0 aromatic heterocycles. The number of benzene rings is 2. The van der Waals surface area contributed by atoms with Gasteiger partial charge in [0.1, 0.15) is 10.6 Å². The van der Waals surface area contributed by atoms with E-state index < -0.39 is 15.9 Å². The zero-order chi connectivity index (χ0) is 21.4. The minimum atomic E-state index is -3.79. The molecule has 0 atom stereocenters. The van der Waals surface area contributed by atoms with Crippen molar-refractivity contribution in [3.8, 4) is 17.2 Å². The van der Waals surface area contributed by atoms with Crippen LogP contribution >= 0.6 is 0 Å². The van der Waals surface area contributed by atoms with Crippen molar-refractivity contribution in [1.82, 2.24) is 10.0 Å². The average Bonchev–Trinajstić information content (AvgIpc) is 2.75. The van der Waals surface area contributed by atoms with Crippen LogP contribution in [0.1, 0.15) is 29.3 Å². The molecule has 0 unspecified atom stereocenters. The summed E-state index contributed by atoms with van der Waals surface area (Å²) in [6.07, 6.45) is 0.646. The number of sulfonamides is 1. The van der Waals surface area contributed by atoms with E-state index in [0.717, 1.165) is 5.56 Å². The molecule has 158 valence electrons. The number of rotatable bonds is 10. The van der Waals surface area contributed by atoms with E-state index in [9.17, 15) is 13.2 Å². The second kappa shape index (κ2) is 10.1. The van der Waals surface area contributed by atoms with Crippen LogP contribution in [0.3, 0.4) is 0 Å². The van der Waals surface area contributed by atoms with E-state index in [1.165, 1.54) is 32.4 Å². The summed E-state index contributed by atoms with van der Waals surface area (Å²) in [5.74, 6) is 0.908. The van der Waals surface area contributed by atoms with Crippen molar-refractivity contribution in [2.24, 2.45) is 0 Å². The molecule has 0 aliphatic rings. The number of carbonyl (C=O) groups excluding carboxylic acids is 1. The van der Waals surface area contributed by atoms with Crippen molar-refractivity contribution >= 4 is 15.9 Å². The molecular formula is C20H26N2O6S. The van der Waals surface area contributed by atoms with Gasteiger partial charge in [-0.05, 0) is 42.3 Å². The van der Waals surface area contributed by atoms with Crippen LogP contribution in [-0.4, -0.2) is 42.2 Å². The molecule has 2 aromatic rings. The van der Waals surface area contributed by atoms with Gasteiger partial charge in [-0.1, -0.05) is 13.0 Å². The van der Waals surface area contributed by atoms with Crippen LogP contribution in [0.4, 0.5) is 0 Å². The lowest BCUT2D eigenvalue weighted by Gasteiger charge is -2.13. The minimum Gasteiger partial charge on any atom is -0.495 e. The van der Waals surface area contributed by atoms with Gasteiger partial charge in [-0.25, -0.2) is 13.1 Å². The van der Waals surface area contributed by atoms with E-state index in [2.05, 4.69) is 10.0 Å². The van der Waals surface area contributed by atoms with Crippen LogP contribution in [0.2, 0.25) is 0 Å². The molecule has 0 saturated carbocycles. The normalized spacial score (nSPS) is 11.0. The topological polar surface area (TPSA) is 103 Å². The van der Waals surface area contributed by atoms with Crippen LogP contribution in [0.25, 0.3) is 0 Å². The molecule has 0 bridgehead atoms. The Labute approximate surface area is 171 Å². The molecule has 0 aliphatic heterocycles. The van der Waals surface area contributed by atoms with Crippen LogP contribution < -0.4 is 24.2 Å². The SMILES string of the molecule is CCCNS(=O)(=O)c1cc(C(=O)NCc2ccc(OC)c(OC)c2)ccc1OC. The van der Waals surface area contributed by atoms with E-state index in [4.69, 9.17) is 14.2 Å². The maximum absolute atomic E-state index is 12.6. The zero-order valence-electron chi connectivity index (χ0n) is 16.9. The van der Waals surface area contributed by atoms with Crippen molar-refractivity contribution in [3.05, 3.63) is 47.5 Å². The Morgan fingerprint density at radius 3 is 2.21 bits per heavy atom. The number of hydrogen-bond acceptors (Lipinski definition) is 6. The number of methoxy groups -OCH3 is 3. The fourth-order valence-corrected chi connectivity index (χ4v) is 3.94. The average molecular weight is 423 g/mol. The number of amides is 1. The summed E-state index contributed by atoms with van der Waals surface area (Å²) in [6, 6.07) is 9.60. The molecule has 8 nitrogen and oxygen atoms in total. The molecular weight excluding hydrogens is 396 g/mol. The fraction of sp³-hybridized carbons (Fsp3) is 0.350. The van der Waals surface area contributed by atoms with Crippen molar-refractivity contribution in [2.45, 2.75) is 24.8 Å². The Morgan fingerprint density at radius 2 is 1.59 bits per heavy atom. The highest BCUT2D eigenvalue weighted by Crippen LogP contribution is 2.28. The molecule has 2 aromatic carbocycles. The first-order valence-electron chi connectivity index (χ1n) is 9.03. The third kappa shape index (κ3) is 5.61. The molecule has 29 heavy (non-hydrogen) atoms. The maximum Gasteiger partial charge on any atom is 0.251 e. The Morgan fingerprint density at radius 1 is 0.931 bits per heavy atom. The van der Waals surface area contributed by atoms with E-state index >= 15 is 0 Å². The van der Waals surface area contributed by atoms with E-state index in [-0.39, 0.29) is 22.8 Å². The van der Waals surface area contributed by atoms with E-state index in [1.54, 1.807) is 25.3 Å². The molecule has 1 amide bonds. The quantitative estimate of drug-likeness (QED) is 0.609. The van der Waals surface area contributed by atoms with Crippen molar-refractivity contribution in [2.75, 3.05) is 27.9 Å². The lowest BCUT2D eigenvalue weighted by molar-refractivity contribution is 0.0950. The minimum absolute atomic E-state index is 0.0767. The molecule has 9 heteroatoms. The van der Waals surface area contributed by atoms with Crippen molar-refractivity contribution in [1.29, 1.82) is 0 Å². The highest BCUT2D eigenvalue weighted by atomic mass is 32.2. The van der Waals surface area contributed by atoms with E-state index in [1.807, 2.05) is 6.92 Å². The highest BCUT2D eigenvalue weighted by Gasteiger charge is 2.21. The van der Waals surface area contributed by atoms with Crippen LogP contribution in [-0.2, 0) is 16.6 Å². The van der Waals surface area contributed by atoms with E-state index in [0.29, 0.717) is 24.5 Å². The van der Waals surface area contributed by atoms with Gasteiger partial charge in [0, 0.05) is 18.7 Å². The largest absolute Gasteiger partial charge is 0.495 e. The van der Waals surface area contributed by atoms with Gasteiger partial charge in [0.25, 0.3) is 5.91 Å². The predicted molar refractivity (Wildman–Crippen MR) is 109 cm³/mol. The molecule has 0 radical (unpaired) electrons. The third-order valence-corrected chi connectivity index (χ3v) is 5.64. The first kappa shape index (κ1) is 22.5. The maximum atomic E-state index is 12.6. The Balaban J connectivity index is 2.20. The lowest BCUT2D eigenvalue weighted by Crippen LogP contribution is -2.26. The van der Waals surface area contributed by atoms with Gasteiger partial charge in [-0.3, -0.25) is 4.79 Å². The Hall–Kier alpha value is -2.78. The van der Waals surface area contributed by atoms with Gasteiger partial charge in [-0.15, -0.1) is 0 Å². The molecule has 0 aliphatic carbocycles. The summed E-state index contributed by atoms with van der Waals surface area (Å²) >= 11 is 0. The Kier molecular flexibility index (Phi) is 7.86. The Bertz CT molecular complexity index is 959.